The summed E-state index contributed by atoms with van der Waals surface area (Å²) in [5, 5.41) is 0. The van der Waals surface area contributed by atoms with Crippen LogP contribution in [0.5, 0.6) is 0 Å². The van der Waals surface area contributed by atoms with Gasteiger partial charge in [-0.15, -0.1) is 0 Å². The van der Waals surface area contributed by atoms with E-state index in [0.29, 0.717) is 11.5 Å². The highest BCUT2D eigenvalue weighted by Gasteiger charge is 2.37. The first-order valence-corrected chi connectivity index (χ1v) is 3.67. The summed E-state index contributed by atoms with van der Waals surface area (Å²) in [7, 11) is 0. The maximum Gasteiger partial charge on any atom is 0.333 e. The van der Waals surface area contributed by atoms with Crippen molar-refractivity contribution in [2.75, 3.05) is 0 Å². The predicted molar refractivity (Wildman–Crippen MR) is 36.4 cm³/mol. The average Bonchev–Trinajstić information content (AvgIpc) is 2.29. The van der Waals surface area contributed by atoms with Gasteiger partial charge >= 0.3 is 5.97 Å². The van der Waals surface area contributed by atoms with Crippen molar-refractivity contribution >= 4 is 5.97 Å². The summed E-state index contributed by atoms with van der Waals surface area (Å²) in [6.45, 7) is 3.70. The third-order valence-corrected chi connectivity index (χ3v) is 2.41. The molecule has 2 atom stereocenters. The lowest BCUT2D eigenvalue weighted by atomic mass is 9.98. The van der Waals surface area contributed by atoms with E-state index in [2.05, 4.69) is 6.58 Å². The molecule has 0 aromatic rings. The second-order valence-electron chi connectivity index (χ2n) is 3.06. The average molecular weight is 138 g/mol. The largest absolute Gasteiger partial charge is 0.459 e. The van der Waals surface area contributed by atoms with Crippen LogP contribution in [0.3, 0.4) is 0 Å². The highest BCUT2D eigenvalue weighted by molar-refractivity contribution is 5.89. The molecule has 1 heterocycles. The van der Waals surface area contributed by atoms with Crippen molar-refractivity contribution in [3.8, 4) is 0 Å². The molecule has 1 aliphatic heterocycles. The molecule has 54 valence electrons. The molecule has 2 aliphatic rings. The minimum absolute atomic E-state index is 0.168. The van der Waals surface area contributed by atoms with Crippen LogP contribution in [0.4, 0.5) is 0 Å². The minimum atomic E-state index is -0.168. The first kappa shape index (κ1) is 5.96. The molecule has 2 bridgehead atoms. The van der Waals surface area contributed by atoms with Gasteiger partial charge < -0.3 is 4.74 Å². The summed E-state index contributed by atoms with van der Waals surface area (Å²) in [5.74, 6) is 0.269. The zero-order valence-electron chi connectivity index (χ0n) is 5.80. The van der Waals surface area contributed by atoms with Crippen LogP contribution in [0, 0.1) is 5.92 Å². The number of ether oxygens (including phenoxy) is 1. The van der Waals surface area contributed by atoms with E-state index in [1.807, 2.05) is 0 Å². The van der Waals surface area contributed by atoms with Crippen molar-refractivity contribution in [3.63, 3.8) is 0 Å². The monoisotopic (exact) mass is 138 g/mol. The molecule has 0 amide bonds. The van der Waals surface area contributed by atoms with Crippen LogP contribution in [0.15, 0.2) is 12.2 Å². The standard InChI is InChI=1S/C8H10O2/c1-5-6-2-3-7(4-6)10-8(5)9/h6-7H,1-4H2. The number of carbonyl (C=O) groups is 1. The molecular formula is C8H10O2. The lowest BCUT2D eigenvalue weighted by molar-refractivity contribution is -0.146. The van der Waals surface area contributed by atoms with Crippen molar-refractivity contribution < 1.29 is 9.53 Å². The second kappa shape index (κ2) is 1.84. The van der Waals surface area contributed by atoms with Gasteiger partial charge in [-0.2, -0.15) is 0 Å². The summed E-state index contributed by atoms with van der Waals surface area (Å²) in [6.07, 6.45) is 3.36. The van der Waals surface area contributed by atoms with Crippen LogP contribution in [-0.2, 0) is 9.53 Å². The van der Waals surface area contributed by atoms with Gasteiger partial charge in [0.15, 0.2) is 0 Å². The Morgan fingerprint density at radius 2 is 2.30 bits per heavy atom. The maximum absolute atomic E-state index is 10.9. The maximum atomic E-state index is 10.9. The topological polar surface area (TPSA) is 26.3 Å². The van der Waals surface area contributed by atoms with E-state index in [4.69, 9.17) is 4.74 Å². The van der Waals surface area contributed by atoms with Gasteiger partial charge in [-0.05, 0) is 25.2 Å². The van der Waals surface area contributed by atoms with E-state index in [9.17, 15) is 4.79 Å². The number of hydrogen-bond acceptors (Lipinski definition) is 2. The number of hydrogen-bond donors (Lipinski definition) is 0. The quantitative estimate of drug-likeness (QED) is 0.372. The molecule has 0 radical (unpaired) electrons. The molecule has 2 heteroatoms. The van der Waals surface area contributed by atoms with E-state index < -0.39 is 0 Å². The van der Waals surface area contributed by atoms with E-state index in [-0.39, 0.29) is 12.1 Å². The molecule has 2 rings (SSSR count). The Hall–Kier alpha value is -0.790. The van der Waals surface area contributed by atoms with Crippen molar-refractivity contribution in [3.05, 3.63) is 12.2 Å². The minimum Gasteiger partial charge on any atom is -0.459 e. The number of rotatable bonds is 0. The zero-order chi connectivity index (χ0) is 7.14. The van der Waals surface area contributed by atoms with E-state index in [0.717, 1.165) is 19.3 Å². The van der Waals surface area contributed by atoms with Crippen LogP contribution in [0.25, 0.3) is 0 Å². The fourth-order valence-corrected chi connectivity index (χ4v) is 1.76. The molecule has 2 nitrogen and oxygen atoms in total. The number of fused-ring (bicyclic) bond motifs is 2. The summed E-state index contributed by atoms with van der Waals surface area (Å²) in [5.41, 5.74) is 0.689. The van der Waals surface area contributed by atoms with Gasteiger partial charge in [0.25, 0.3) is 0 Å². The number of carbonyl (C=O) groups excluding carboxylic acids is 1. The first-order valence-electron chi connectivity index (χ1n) is 3.67. The SMILES string of the molecule is C=C1C(=O)OC2CCC1C2. The van der Waals surface area contributed by atoms with Crippen molar-refractivity contribution in [2.24, 2.45) is 5.92 Å². The van der Waals surface area contributed by atoms with Crippen LogP contribution in [0.2, 0.25) is 0 Å². The van der Waals surface area contributed by atoms with Gasteiger partial charge in [0.2, 0.25) is 0 Å². The van der Waals surface area contributed by atoms with Crippen molar-refractivity contribution in [1.82, 2.24) is 0 Å². The molecular weight excluding hydrogens is 128 g/mol. The van der Waals surface area contributed by atoms with Crippen molar-refractivity contribution in [2.45, 2.75) is 25.4 Å². The summed E-state index contributed by atoms with van der Waals surface area (Å²) in [6, 6.07) is 0. The third-order valence-electron chi connectivity index (χ3n) is 2.41. The lowest BCUT2D eigenvalue weighted by Crippen LogP contribution is -2.24. The van der Waals surface area contributed by atoms with Crippen molar-refractivity contribution in [1.29, 1.82) is 0 Å². The normalized spacial score (nSPS) is 38.0. The highest BCUT2D eigenvalue weighted by Crippen LogP contribution is 2.37. The Kier molecular flexibility index (Phi) is 1.10. The van der Waals surface area contributed by atoms with Gasteiger partial charge in [-0.25, -0.2) is 4.79 Å². The Labute approximate surface area is 59.9 Å². The summed E-state index contributed by atoms with van der Waals surface area (Å²) >= 11 is 0. The fraction of sp³-hybridized carbons (Fsp3) is 0.625. The molecule has 0 aromatic heterocycles. The van der Waals surface area contributed by atoms with E-state index in [1.54, 1.807) is 0 Å². The molecule has 0 N–H and O–H groups in total. The Bertz CT molecular complexity index is 195. The van der Waals surface area contributed by atoms with Crippen LogP contribution in [0.1, 0.15) is 19.3 Å². The second-order valence-corrected chi connectivity index (χ2v) is 3.06. The Balaban J connectivity index is 2.24. The summed E-state index contributed by atoms with van der Waals surface area (Å²) < 4.78 is 5.05. The van der Waals surface area contributed by atoms with Gasteiger partial charge in [-0.1, -0.05) is 6.58 Å². The fourth-order valence-electron chi connectivity index (χ4n) is 1.76. The van der Waals surface area contributed by atoms with Gasteiger partial charge in [0.05, 0.1) is 0 Å². The van der Waals surface area contributed by atoms with Crippen LogP contribution in [-0.4, -0.2) is 12.1 Å². The van der Waals surface area contributed by atoms with Gasteiger partial charge in [0.1, 0.15) is 6.10 Å². The predicted octanol–water partition coefficient (Wildman–Crippen LogP) is 1.27. The Morgan fingerprint density at radius 3 is 3.10 bits per heavy atom. The lowest BCUT2D eigenvalue weighted by Gasteiger charge is -2.20. The van der Waals surface area contributed by atoms with Gasteiger partial charge in [0, 0.05) is 5.57 Å². The molecule has 2 unspecified atom stereocenters. The summed E-state index contributed by atoms with van der Waals surface area (Å²) in [4.78, 5) is 10.9. The van der Waals surface area contributed by atoms with Crippen LogP contribution < -0.4 is 0 Å². The molecule has 2 fully saturated rings. The van der Waals surface area contributed by atoms with Crippen LogP contribution >= 0.6 is 0 Å². The molecule has 0 spiro atoms. The van der Waals surface area contributed by atoms with Gasteiger partial charge in [-0.3, -0.25) is 0 Å². The molecule has 1 saturated heterocycles. The highest BCUT2D eigenvalue weighted by atomic mass is 16.5. The van der Waals surface area contributed by atoms with E-state index >= 15 is 0 Å². The molecule has 1 aliphatic carbocycles. The smallest absolute Gasteiger partial charge is 0.333 e. The number of esters is 1. The van der Waals surface area contributed by atoms with E-state index in [1.165, 1.54) is 0 Å². The molecule has 10 heavy (non-hydrogen) atoms. The third kappa shape index (κ3) is 0.681. The zero-order valence-corrected chi connectivity index (χ0v) is 5.80. The Morgan fingerprint density at radius 1 is 1.50 bits per heavy atom. The first-order chi connectivity index (χ1) is 4.77. The molecule has 1 saturated carbocycles. The molecule has 0 aromatic carbocycles.